The van der Waals surface area contributed by atoms with Crippen LogP contribution in [0.15, 0.2) is 29.1 Å². The number of carbonyl (C=O) groups is 1. The number of hydrogen-bond acceptors (Lipinski definition) is 4. The lowest BCUT2D eigenvalue weighted by atomic mass is 10.2. The molecular weight excluding hydrogens is 232 g/mol. The monoisotopic (exact) mass is 246 g/mol. The maximum atomic E-state index is 12.3. The van der Waals surface area contributed by atoms with Crippen molar-refractivity contribution in [2.75, 3.05) is 7.11 Å². The number of fused-ring (bicyclic) bond motifs is 1. The number of aryl methyl sites for hydroxylation is 1. The van der Waals surface area contributed by atoms with Crippen LogP contribution in [0.4, 0.5) is 0 Å². The number of esters is 1. The number of para-hydroxylation sites is 1. The van der Waals surface area contributed by atoms with Crippen LogP contribution in [0.25, 0.3) is 10.9 Å². The van der Waals surface area contributed by atoms with Gasteiger partial charge in [0.05, 0.1) is 18.0 Å². The minimum Gasteiger partial charge on any atom is -0.467 e. The molecule has 2 rings (SSSR count). The van der Waals surface area contributed by atoms with Crippen molar-refractivity contribution in [1.29, 1.82) is 0 Å². The van der Waals surface area contributed by atoms with Gasteiger partial charge in [0.1, 0.15) is 11.9 Å². The quantitative estimate of drug-likeness (QED) is 0.752. The minimum atomic E-state index is -0.681. The van der Waals surface area contributed by atoms with Crippen LogP contribution in [0, 0.1) is 6.92 Å². The van der Waals surface area contributed by atoms with E-state index < -0.39 is 12.0 Å². The third-order valence-electron chi connectivity index (χ3n) is 2.91. The van der Waals surface area contributed by atoms with Gasteiger partial charge >= 0.3 is 5.97 Å². The average Bonchev–Trinajstić information content (AvgIpc) is 2.37. The summed E-state index contributed by atoms with van der Waals surface area (Å²) in [6, 6.07) is 6.39. The molecule has 0 fully saturated rings. The van der Waals surface area contributed by atoms with Gasteiger partial charge in [-0.3, -0.25) is 9.36 Å². The Morgan fingerprint density at radius 2 is 2.06 bits per heavy atom. The SMILES string of the molecule is COC(=O)C(C)n1c(C)nc2ccccc2c1=O. The van der Waals surface area contributed by atoms with Crippen LogP contribution in [0.3, 0.4) is 0 Å². The van der Waals surface area contributed by atoms with Gasteiger partial charge < -0.3 is 4.74 Å². The van der Waals surface area contributed by atoms with E-state index in [9.17, 15) is 9.59 Å². The number of carbonyl (C=O) groups excluding carboxylic acids is 1. The fraction of sp³-hybridized carbons (Fsp3) is 0.308. The Bertz CT molecular complexity index is 661. The number of hydrogen-bond donors (Lipinski definition) is 0. The highest BCUT2D eigenvalue weighted by molar-refractivity contribution is 5.78. The summed E-state index contributed by atoms with van der Waals surface area (Å²) in [7, 11) is 1.30. The minimum absolute atomic E-state index is 0.226. The Hall–Kier alpha value is -2.17. The lowest BCUT2D eigenvalue weighted by molar-refractivity contribution is -0.144. The second kappa shape index (κ2) is 4.60. The molecule has 1 aromatic carbocycles. The summed E-state index contributed by atoms with van der Waals surface area (Å²) in [5.74, 6) is 0.0360. The van der Waals surface area contributed by atoms with Crippen LogP contribution in [0.1, 0.15) is 18.8 Å². The highest BCUT2D eigenvalue weighted by Crippen LogP contribution is 2.12. The fourth-order valence-corrected chi connectivity index (χ4v) is 1.99. The number of rotatable bonds is 2. The van der Waals surface area contributed by atoms with Crippen molar-refractivity contribution >= 4 is 16.9 Å². The molecule has 1 aromatic heterocycles. The van der Waals surface area contributed by atoms with E-state index in [2.05, 4.69) is 9.72 Å². The van der Waals surface area contributed by atoms with Crippen LogP contribution in [-0.2, 0) is 9.53 Å². The van der Waals surface area contributed by atoms with Crippen LogP contribution < -0.4 is 5.56 Å². The molecule has 0 spiro atoms. The summed E-state index contributed by atoms with van der Waals surface area (Å²) in [6.45, 7) is 3.32. The molecule has 0 radical (unpaired) electrons. The van der Waals surface area contributed by atoms with Crippen molar-refractivity contribution < 1.29 is 9.53 Å². The number of methoxy groups -OCH3 is 1. The lowest BCUT2D eigenvalue weighted by Gasteiger charge is -2.15. The van der Waals surface area contributed by atoms with Gasteiger partial charge in [0.25, 0.3) is 5.56 Å². The fourth-order valence-electron chi connectivity index (χ4n) is 1.99. The van der Waals surface area contributed by atoms with Gasteiger partial charge in [-0.2, -0.15) is 0 Å². The molecule has 2 aromatic rings. The van der Waals surface area contributed by atoms with Crippen molar-refractivity contribution in [2.45, 2.75) is 19.9 Å². The molecule has 0 bridgehead atoms. The second-order valence-corrected chi connectivity index (χ2v) is 4.05. The maximum Gasteiger partial charge on any atom is 0.328 e. The van der Waals surface area contributed by atoms with E-state index in [4.69, 9.17) is 0 Å². The topological polar surface area (TPSA) is 61.2 Å². The molecular formula is C13H14N2O3. The smallest absolute Gasteiger partial charge is 0.328 e. The molecule has 18 heavy (non-hydrogen) atoms. The van der Waals surface area contributed by atoms with E-state index in [1.807, 2.05) is 6.07 Å². The van der Waals surface area contributed by atoms with E-state index >= 15 is 0 Å². The molecule has 5 heteroatoms. The number of nitrogens with zero attached hydrogens (tertiary/aromatic N) is 2. The van der Waals surface area contributed by atoms with E-state index in [0.29, 0.717) is 16.7 Å². The van der Waals surface area contributed by atoms with Crippen molar-refractivity contribution in [1.82, 2.24) is 9.55 Å². The molecule has 1 atom stereocenters. The third kappa shape index (κ3) is 1.88. The number of ether oxygens (including phenoxy) is 1. The molecule has 0 amide bonds. The first-order valence-corrected chi connectivity index (χ1v) is 5.62. The van der Waals surface area contributed by atoms with Crippen LogP contribution in [0.2, 0.25) is 0 Å². The first-order valence-electron chi connectivity index (χ1n) is 5.62. The van der Waals surface area contributed by atoms with E-state index in [1.54, 1.807) is 32.0 Å². The Morgan fingerprint density at radius 1 is 1.39 bits per heavy atom. The summed E-state index contributed by atoms with van der Waals surface area (Å²) in [6.07, 6.45) is 0. The number of aromatic nitrogens is 2. The molecule has 0 aliphatic carbocycles. The summed E-state index contributed by atoms with van der Waals surface area (Å²) in [4.78, 5) is 28.2. The van der Waals surface area contributed by atoms with Gasteiger partial charge in [0.2, 0.25) is 0 Å². The normalized spacial score (nSPS) is 12.4. The Kier molecular flexibility index (Phi) is 3.14. The van der Waals surface area contributed by atoms with Crippen LogP contribution in [-0.4, -0.2) is 22.6 Å². The first kappa shape index (κ1) is 12.3. The molecule has 0 aliphatic rings. The third-order valence-corrected chi connectivity index (χ3v) is 2.91. The van der Waals surface area contributed by atoms with E-state index in [0.717, 1.165) is 0 Å². The van der Waals surface area contributed by atoms with E-state index in [1.165, 1.54) is 11.7 Å². The highest BCUT2D eigenvalue weighted by atomic mass is 16.5. The van der Waals surface area contributed by atoms with Gasteiger partial charge in [-0.1, -0.05) is 12.1 Å². The van der Waals surface area contributed by atoms with E-state index in [-0.39, 0.29) is 5.56 Å². The van der Waals surface area contributed by atoms with Crippen molar-refractivity contribution in [3.05, 3.63) is 40.4 Å². The highest BCUT2D eigenvalue weighted by Gasteiger charge is 2.20. The molecule has 0 saturated heterocycles. The predicted octanol–water partition coefficient (Wildman–Crippen LogP) is 1.44. The Balaban J connectivity index is 2.72. The van der Waals surface area contributed by atoms with Crippen LogP contribution >= 0.6 is 0 Å². The summed E-state index contributed by atoms with van der Waals surface area (Å²) in [5.41, 5.74) is 0.407. The zero-order chi connectivity index (χ0) is 13.3. The lowest BCUT2D eigenvalue weighted by Crippen LogP contribution is -2.31. The second-order valence-electron chi connectivity index (χ2n) is 4.05. The molecule has 1 heterocycles. The molecule has 0 aliphatic heterocycles. The maximum absolute atomic E-state index is 12.3. The van der Waals surface area contributed by atoms with Gasteiger partial charge in [-0.25, -0.2) is 9.78 Å². The zero-order valence-corrected chi connectivity index (χ0v) is 10.5. The standard InChI is InChI=1S/C13H14N2O3/c1-8(13(17)18-3)15-9(2)14-11-7-5-4-6-10(11)12(15)16/h4-8H,1-3H3. The zero-order valence-electron chi connectivity index (χ0n) is 10.5. The molecule has 0 saturated carbocycles. The van der Waals surface area contributed by atoms with Gasteiger partial charge in [0, 0.05) is 0 Å². The predicted molar refractivity (Wildman–Crippen MR) is 67.5 cm³/mol. The molecule has 5 nitrogen and oxygen atoms in total. The number of benzene rings is 1. The molecule has 94 valence electrons. The Labute approximate surface area is 104 Å². The van der Waals surface area contributed by atoms with Gasteiger partial charge in [0.15, 0.2) is 0 Å². The largest absolute Gasteiger partial charge is 0.467 e. The summed E-state index contributed by atoms with van der Waals surface area (Å²) in [5, 5.41) is 0.499. The van der Waals surface area contributed by atoms with Gasteiger partial charge in [-0.05, 0) is 26.0 Å². The van der Waals surface area contributed by atoms with Gasteiger partial charge in [-0.15, -0.1) is 0 Å². The van der Waals surface area contributed by atoms with Crippen molar-refractivity contribution in [3.63, 3.8) is 0 Å². The summed E-state index contributed by atoms with van der Waals surface area (Å²) >= 11 is 0. The first-order chi connectivity index (χ1) is 8.56. The summed E-state index contributed by atoms with van der Waals surface area (Å²) < 4.78 is 6.02. The average molecular weight is 246 g/mol. The Morgan fingerprint density at radius 3 is 2.72 bits per heavy atom. The van der Waals surface area contributed by atoms with Crippen molar-refractivity contribution in [2.24, 2.45) is 0 Å². The molecule has 0 N–H and O–H groups in total. The van der Waals surface area contributed by atoms with Crippen LogP contribution in [0.5, 0.6) is 0 Å². The molecule has 1 unspecified atom stereocenters. The van der Waals surface area contributed by atoms with Crippen molar-refractivity contribution in [3.8, 4) is 0 Å².